The molecule has 1 aromatic carbocycles. The van der Waals surface area contributed by atoms with Crippen LogP contribution in [0.1, 0.15) is 45.1 Å². The Bertz CT molecular complexity index is 419. The summed E-state index contributed by atoms with van der Waals surface area (Å²) in [6, 6.07) is 6.80. The third kappa shape index (κ3) is 8.10. The predicted octanol–water partition coefficient (Wildman–Crippen LogP) is 4.14. The lowest BCUT2D eigenvalue weighted by Crippen LogP contribution is -2.12. The highest BCUT2D eigenvalue weighted by atomic mass is 16.6. The summed E-state index contributed by atoms with van der Waals surface area (Å²) in [6.45, 7) is 6.27. The Morgan fingerprint density at radius 3 is 2.45 bits per heavy atom. The van der Waals surface area contributed by atoms with E-state index >= 15 is 0 Å². The van der Waals surface area contributed by atoms with Gasteiger partial charge in [-0.3, -0.25) is 10.1 Å². The molecular weight excluding hydrogens is 282 g/mol. The molecule has 0 fully saturated rings. The van der Waals surface area contributed by atoms with Crippen molar-refractivity contribution >= 4 is 5.69 Å². The van der Waals surface area contributed by atoms with Gasteiger partial charge in [-0.2, -0.15) is 0 Å². The van der Waals surface area contributed by atoms with E-state index in [4.69, 9.17) is 9.47 Å². The zero-order valence-corrected chi connectivity index (χ0v) is 13.6. The number of nitro groups is 1. The van der Waals surface area contributed by atoms with E-state index in [0.29, 0.717) is 19.3 Å². The van der Waals surface area contributed by atoms with Gasteiger partial charge in [-0.25, -0.2) is 0 Å². The van der Waals surface area contributed by atoms with E-state index in [1.54, 1.807) is 12.1 Å². The second-order valence-corrected chi connectivity index (χ2v) is 5.44. The van der Waals surface area contributed by atoms with Crippen molar-refractivity contribution in [2.24, 2.45) is 0 Å². The first-order chi connectivity index (χ1) is 10.6. The van der Waals surface area contributed by atoms with Crippen LogP contribution in [0.5, 0.6) is 0 Å². The maximum atomic E-state index is 10.6. The molecule has 1 atom stereocenters. The van der Waals surface area contributed by atoms with Crippen molar-refractivity contribution < 1.29 is 14.4 Å². The number of aryl methyl sites for hydroxylation is 1. The van der Waals surface area contributed by atoms with Gasteiger partial charge in [0.05, 0.1) is 24.2 Å². The number of non-ortho nitro benzene ring substituents is 1. The van der Waals surface area contributed by atoms with Crippen LogP contribution < -0.4 is 0 Å². The molecule has 0 bridgehead atoms. The summed E-state index contributed by atoms with van der Waals surface area (Å²) in [7, 11) is 0. The van der Waals surface area contributed by atoms with Crippen LogP contribution in [-0.4, -0.2) is 30.8 Å². The molecule has 1 rings (SSSR count). The largest absolute Gasteiger partial charge is 0.379 e. The molecule has 5 nitrogen and oxygen atoms in total. The van der Waals surface area contributed by atoms with Crippen LogP contribution in [0.3, 0.4) is 0 Å². The molecule has 0 saturated heterocycles. The Morgan fingerprint density at radius 1 is 1.09 bits per heavy atom. The van der Waals surface area contributed by atoms with Gasteiger partial charge in [0.2, 0.25) is 0 Å². The highest BCUT2D eigenvalue weighted by Gasteiger charge is 2.03. The molecular formula is C17H27NO4. The Morgan fingerprint density at radius 2 is 1.82 bits per heavy atom. The van der Waals surface area contributed by atoms with E-state index < -0.39 is 0 Å². The SMILES string of the molecule is CCC(C)OCCOCCCCCc1ccc([N+](=O)[O-])cc1. The molecule has 0 aliphatic heterocycles. The summed E-state index contributed by atoms with van der Waals surface area (Å²) in [4.78, 5) is 10.2. The summed E-state index contributed by atoms with van der Waals surface area (Å²) >= 11 is 0. The van der Waals surface area contributed by atoms with Crippen LogP contribution in [0.15, 0.2) is 24.3 Å². The zero-order chi connectivity index (χ0) is 16.2. The maximum absolute atomic E-state index is 10.6. The zero-order valence-electron chi connectivity index (χ0n) is 13.6. The van der Waals surface area contributed by atoms with E-state index in [1.165, 1.54) is 0 Å². The summed E-state index contributed by atoms with van der Waals surface area (Å²) in [6.07, 6.45) is 5.51. The molecule has 0 radical (unpaired) electrons. The number of nitro benzene ring substituents is 1. The normalized spacial score (nSPS) is 12.3. The summed E-state index contributed by atoms with van der Waals surface area (Å²) in [5.74, 6) is 0. The average molecular weight is 309 g/mol. The second kappa shape index (κ2) is 11.2. The van der Waals surface area contributed by atoms with Crippen molar-refractivity contribution in [1.29, 1.82) is 0 Å². The van der Waals surface area contributed by atoms with Gasteiger partial charge in [0.25, 0.3) is 5.69 Å². The molecule has 0 heterocycles. The molecule has 0 aliphatic rings. The van der Waals surface area contributed by atoms with Gasteiger partial charge in [-0.15, -0.1) is 0 Å². The summed E-state index contributed by atoms with van der Waals surface area (Å²) < 4.78 is 11.1. The van der Waals surface area contributed by atoms with E-state index in [1.807, 2.05) is 12.1 Å². The van der Waals surface area contributed by atoms with Crippen molar-refractivity contribution in [3.05, 3.63) is 39.9 Å². The smallest absolute Gasteiger partial charge is 0.269 e. The lowest BCUT2D eigenvalue weighted by Gasteiger charge is -2.10. The Hall–Kier alpha value is -1.46. The van der Waals surface area contributed by atoms with Crippen LogP contribution in [-0.2, 0) is 15.9 Å². The van der Waals surface area contributed by atoms with Crippen molar-refractivity contribution in [1.82, 2.24) is 0 Å². The van der Waals surface area contributed by atoms with Gasteiger partial charge in [-0.1, -0.05) is 25.5 Å². The third-order valence-electron chi connectivity index (χ3n) is 3.61. The van der Waals surface area contributed by atoms with Crippen molar-refractivity contribution in [3.8, 4) is 0 Å². The van der Waals surface area contributed by atoms with Crippen molar-refractivity contribution in [2.75, 3.05) is 19.8 Å². The lowest BCUT2D eigenvalue weighted by molar-refractivity contribution is -0.384. The topological polar surface area (TPSA) is 61.6 Å². The Labute approximate surface area is 132 Å². The number of nitrogens with zero attached hydrogens (tertiary/aromatic N) is 1. The quantitative estimate of drug-likeness (QED) is 0.331. The fourth-order valence-electron chi connectivity index (χ4n) is 2.02. The molecule has 0 aliphatic carbocycles. The lowest BCUT2D eigenvalue weighted by atomic mass is 10.1. The van der Waals surface area contributed by atoms with Crippen molar-refractivity contribution in [3.63, 3.8) is 0 Å². The van der Waals surface area contributed by atoms with Gasteiger partial charge in [0, 0.05) is 18.7 Å². The van der Waals surface area contributed by atoms with Gasteiger partial charge >= 0.3 is 0 Å². The van der Waals surface area contributed by atoms with E-state index in [-0.39, 0.29) is 10.6 Å². The molecule has 0 saturated carbocycles. The fourth-order valence-corrected chi connectivity index (χ4v) is 2.02. The summed E-state index contributed by atoms with van der Waals surface area (Å²) in [5, 5.41) is 10.6. The molecule has 0 aromatic heterocycles. The summed E-state index contributed by atoms with van der Waals surface area (Å²) in [5.41, 5.74) is 1.30. The van der Waals surface area contributed by atoms with Gasteiger partial charge in [-0.05, 0) is 38.2 Å². The van der Waals surface area contributed by atoms with E-state index in [9.17, 15) is 10.1 Å². The van der Waals surface area contributed by atoms with Crippen LogP contribution in [0.4, 0.5) is 5.69 Å². The maximum Gasteiger partial charge on any atom is 0.269 e. The highest BCUT2D eigenvalue weighted by Crippen LogP contribution is 2.14. The molecule has 1 unspecified atom stereocenters. The fraction of sp³-hybridized carbons (Fsp3) is 0.647. The molecule has 0 spiro atoms. The predicted molar refractivity (Wildman–Crippen MR) is 87.2 cm³/mol. The first-order valence-electron chi connectivity index (χ1n) is 8.06. The number of rotatable bonds is 12. The number of benzene rings is 1. The Balaban J connectivity index is 1.98. The number of hydrogen-bond acceptors (Lipinski definition) is 4. The van der Waals surface area contributed by atoms with Crippen LogP contribution in [0, 0.1) is 10.1 Å². The van der Waals surface area contributed by atoms with Crippen LogP contribution >= 0.6 is 0 Å². The number of unbranched alkanes of at least 4 members (excludes halogenated alkanes) is 2. The van der Waals surface area contributed by atoms with Gasteiger partial charge in [0.15, 0.2) is 0 Å². The van der Waals surface area contributed by atoms with Gasteiger partial charge < -0.3 is 9.47 Å². The molecule has 5 heteroatoms. The molecule has 22 heavy (non-hydrogen) atoms. The number of ether oxygens (including phenoxy) is 2. The highest BCUT2D eigenvalue weighted by molar-refractivity contribution is 5.32. The molecule has 0 N–H and O–H groups in total. The standard InChI is InChI=1S/C17H27NO4/c1-3-15(2)22-14-13-21-12-6-4-5-7-16-8-10-17(11-9-16)18(19)20/h8-11,15H,3-7,12-14H2,1-2H3. The molecule has 1 aromatic rings. The van der Waals surface area contributed by atoms with Crippen molar-refractivity contribution in [2.45, 2.75) is 52.1 Å². The minimum absolute atomic E-state index is 0.150. The molecule has 124 valence electrons. The monoisotopic (exact) mass is 309 g/mol. The first-order valence-corrected chi connectivity index (χ1v) is 8.06. The second-order valence-electron chi connectivity index (χ2n) is 5.44. The minimum atomic E-state index is -0.369. The van der Waals surface area contributed by atoms with E-state index in [2.05, 4.69) is 13.8 Å². The third-order valence-corrected chi connectivity index (χ3v) is 3.61. The average Bonchev–Trinajstić information content (AvgIpc) is 2.53. The Kier molecular flexibility index (Phi) is 9.42. The minimum Gasteiger partial charge on any atom is -0.379 e. The first kappa shape index (κ1) is 18.6. The number of hydrogen-bond donors (Lipinski definition) is 0. The van der Waals surface area contributed by atoms with Crippen LogP contribution in [0.2, 0.25) is 0 Å². The van der Waals surface area contributed by atoms with Crippen LogP contribution in [0.25, 0.3) is 0 Å². The van der Waals surface area contributed by atoms with E-state index in [0.717, 1.165) is 44.3 Å². The molecule has 0 amide bonds. The van der Waals surface area contributed by atoms with Gasteiger partial charge in [0.1, 0.15) is 0 Å².